The lowest BCUT2D eigenvalue weighted by Gasteiger charge is -2.31. The smallest absolute Gasteiger partial charge is 0.312 e. The van der Waals surface area contributed by atoms with Gasteiger partial charge in [-0.3, -0.25) is 14.6 Å². The molecular formula is C28H26F3N3O2. The van der Waals surface area contributed by atoms with Gasteiger partial charge in [-0.15, -0.1) is 0 Å². The average Bonchev–Trinajstić information content (AvgIpc) is 2.88. The number of alkyl halides is 3. The lowest BCUT2D eigenvalue weighted by atomic mass is 10.00. The number of halogens is 3. The Hall–Kier alpha value is -3.68. The van der Waals surface area contributed by atoms with Crippen LogP contribution >= 0.6 is 0 Å². The van der Waals surface area contributed by atoms with Crippen LogP contribution in [-0.4, -0.2) is 29.9 Å². The first-order valence-electron chi connectivity index (χ1n) is 12.2. The van der Waals surface area contributed by atoms with E-state index in [9.17, 15) is 22.8 Å². The van der Waals surface area contributed by atoms with E-state index in [2.05, 4.69) is 4.98 Å². The first kappa shape index (κ1) is 24.0. The van der Waals surface area contributed by atoms with Crippen molar-refractivity contribution in [2.75, 3.05) is 22.9 Å². The number of nitrogens with zero attached hydrogens (tertiary/aromatic N) is 3. The van der Waals surface area contributed by atoms with E-state index in [0.29, 0.717) is 31.5 Å². The molecule has 0 unspecified atom stereocenters. The Labute approximate surface area is 207 Å². The van der Waals surface area contributed by atoms with E-state index in [0.717, 1.165) is 48.7 Å². The minimum Gasteiger partial charge on any atom is -0.312 e. The molecule has 0 aliphatic carbocycles. The van der Waals surface area contributed by atoms with Crippen molar-refractivity contribution in [1.82, 2.24) is 4.98 Å². The van der Waals surface area contributed by atoms with Crippen molar-refractivity contribution in [3.8, 4) is 22.4 Å². The van der Waals surface area contributed by atoms with Gasteiger partial charge in [0.05, 0.1) is 11.3 Å². The van der Waals surface area contributed by atoms with Crippen LogP contribution < -0.4 is 9.80 Å². The van der Waals surface area contributed by atoms with E-state index in [-0.39, 0.29) is 23.1 Å². The highest BCUT2D eigenvalue weighted by molar-refractivity contribution is 5.98. The molecule has 0 spiro atoms. The normalized spacial score (nSPS) is 17.0. The molecule has 186 valence electrons. The van der Waals surface area contributed by atoms with E-state index in [1.807, 2.05) is 18.2 Å². The first-order valence-corrected chi connectivity index (χ1v) is 12.2. The predicted molar refractivity (Wildman–Crippen MR) is 133 cm³/mol. The van der Waals surface area contributed by atoms with Crippen LogP contribution in [0.3, 0.4) is 0 Å². The number of carbonyl (C=O) groups excluding carboxylic acids is 2. The zero-order chi connectivity index (χ0) is 25.3. The fraction of sp³-hybridized carbons (Fsp3) is 0.321. The predicted octanol–water partition coefficient (Wildman–Crippen LogP) is 6.47. The second-order valence-electron chi connectivity index (χ2n) is 9.22. The summed E-state index contributed by atoms with van der Waals surface area (Å²) in [5, 5.41) is 0. The van der Waals surface area contributed by atoms with Crippen LogP contribution in [0.2, 0.25) is 0 Å². The molecule has 2 aromatic carbocycles. The summed E-state index contributed by atoms with van der Waals surface area (Å²) in [7, 11) is 0. The summed E-state index contributed by atoms with van der Waals surface area (Å²) in [6.07, 6.45) is 1.55. The monoisotopic (exact) mass is 493 g/mol. The van der Waals surface area contributed by atoms with Crippen LogP contribution in [0.15, 0.2) is 60.8 Å². The summed E-state index contributed by atoms with van der Waals surface area (Å²) >= 11 is 0. The van der Waals surface area contributed by atoms with Crippen LogP contribution in [0.4, 0.5) is 24.5 Å². The zero-order valence-electron chi connectivity index (χ0n) is 19.7. The van der Waals surface area contributed by atoms with E-state index >= 15 is 0 Å². The molecule has 2 saturated heterocycles. The third kappa shape index (κ3) is 4.85. The molecule has 5 rings (SSSR count). The van der Waals surface area contributed by atoms with Gasteiger partial charge in [0, 0.05) is 54.6 Å². The summed E-state index contributed by atoms with van der Waals surface area (Å²) in [6.45, 7) is 1.22. The van der Waals surface area contributed by atoms with Gasteiger partial charge in [0.15, 0.2) is 0 Å². The van der Waals surface area contributed by atoms with E-state index in [4.69, 9.17) is 0 Å². The number of carbonyl (C=O) groups is 2. The molecule has 0 bridgehead atoms. The average molecular weight is 494 g/mol. The fourth-order valence-electron chi connectivity index (χ4n) is 4.91. The lowest BCUT2D eigenvalue weighted by Crippen LogP contribution is -2.37. The van der Waals surface area contributed by atoms with Crippen molar-refractivity contribution in [3.05, 3.63) is 66.4 Å². The molecule has 0 radical (unpaired) electrons. The maximum absolute atomic E-state index is 13.5. The number of amides is 2. The molecule has 0 atom stereocenters. The molecule has 3 aromatic rings. The highest BCUT2D eigenvalue weighted by atomic mass is 19.4. The number of piperidine rings is 2. The summed E-state index contributed by atoms with van der Waals surface area (Å²) in [4.78, 5) is 33.2. The minimum atomic E-state index is -4.48. The molecule has 2 amide bonds. The second kappa shape index (κ2) is 9.76. The van der Waals surface area contributed by atoms with Crippen LogP contribution in [-0.2, 0) is 15.8 Å². The molecule has 2 aliphatic rings. The number of rotatable bonds is 4. The van der Waals surface area contributed by atoms with Gasteiger partial charge in [0.2, 0.25) is 11.8 Å². The van der Waals surface area contributed by atoms with Gasteiger partial charge in [0.25, 0.3) is 0 Å². The standard InChI is InChI=1S/C28H26F3N3O2/c29-28(30,31)24-8-2-1-7-23(24)25-12-11-19(18-32-25)20-15-21(33-13-5-3-9-26(33)35)17-22(16-20)34-14-6-4-10-27(34)36/h1-2,7-8,11-12,15-18H,3-6,9-10,13-14H2. The molecule has 2 aliphatic heterocycles. The Morgan fingerprint density at radius 1 is 0.722 bits per heavy atom. The number of pyridine rings is 1. The van der Waals surface area contributed by atoms with Gasteiger partial charge in [-0.25, -0.2) is 0 Å². The number of benzene rings is 2. The third-order valence-electron chi connectivity index (χ3n) is 6.78. The van der Waals surface area contributed by atoms with E-state index < -0.39 is 11.7 Å². The summed E-state index contributed by atoms with van der Waals surface area (Å²) in [5.74, 6) is 0.0955. The molecular weight excluding hydrogens is 467 g/mol. The zero-order valence-corrected chi connectivity index (χ0v) is 19.7. The molecule has 0 N–H and O–H groups in total. The van der Waals surface area contributed by atoms with Crippen molar-refractivity contribution in [2.45, 2.75) is 44.7 Å². The molecule has 3 heterocycles. The number of aromatic nitrogens is 1. The van der Waals surface area contributed by atoms with Crippen LogP contribution in [0.5, 0.6) is 0 Å². The van der Waals surface area contributed by atoms with Gasteiger partial charge in [-0.05, 0) is 61.6 Å². The Balaban J connectivity index is 1.55. The number of hydrogen-bond acceptors (Lipinski definition) is 3. The Morgan fingerprint density at radius 3 is 1.86 bits per heavy atom. The van der Waals surface area contributed by atoms with Gasteiger partial charge < -0.3 is 9.80 Å². The van der Waals surface area contributed by atoms with Crippen molar-refractivity contribution in [3.63, 3.8) is 0 Å². The van der Waals surface area contributed by atoms with Crippen molar-refractivity contribution in [1.29, 1.82) is 0 Å². The highest BCUT2D eigenvalue weighted by Gasteiger charge is 2.33. The first-order chi connectivity index (χ1) is 17.3. The Morgan fingerprint density at radius 2 is 1.33 bits per heavy atom. The summed E-state index contributed by atoms with van der Waals surface area (Å²) in [6, 6.07) is 14.3. The number of anilines is 2. The Kier molecular flexibility index (Phi) is 6.51. The van der Waals surface area contributed by atoms with Crippen molar-refractivity contribution in [2.24, 2.45) is 0 Å². The van der Waals surface area contributed by atoms with E-state index in [1.54, 1.807) is 34.2 Å². The maximum Gasteiger partial charge on any atom is 0.417 e. The molecule has 5 nitrogen and oxygen atoms in total. The SMILES string of the molecule is O=C1CCCCN1c1cc(-c2ccc(-c3ccccc3C(F)(F)F)nc2)cc(N2CCCCC2=O)c1. The number of hydrogen-bond donors (Lipinski definition) is 0. The lowest BCUT2D eigenvalue weighted by molar-refractivity contribution is -0.137. The summed E-state index contributed by atoms with van der Waals surface area (Å²) in [5.41, 5.74) is 2.39. The molecule has 1 aromatic heterocycles. The van der Waals surface area contributed by atoms with Crippen molar-refractivity contribution >= 4 is 23.2 Å². The second-order valence-corrected chi connectivity index (χ2v) is 9.22. The van der Waals surface area contributed by atoms with Crippen molar-refractivity contribution < 1.29 is 22.8 Å². The van der Waals surface area contributed by atoms with Gasteiger partial charge >= 0.3 is 6.18 Å². The van der Waals surface area contributed by atoms with Crippen LogP contribution in [0.25, 0.3) is 22.4 Å². The largest absolute Gasteiger partial charge is 0.417 e. The maximum atomic E-state index is 13.5. The molecule has 2 fully saturated rings. The molecule has 0 saturated carbocycles. The topological polar surface area (TPSA) is 53.5 Å². The Bertz CT molecular complexity index is 1240. The molecule has 36 heavy (non-hydrogen) atoms. The quantitative estimate of drug-likeness (QED) is 0.419. The molecule has 8 heteroatoms. The van der Waals surface area contributed by atoms with Crippen LogP contribution in [0.1, 0.15) is 44.1 Å². The van der Waals surface area contributed by atoms with Gasteiger partial charge in [0.1, 0.15) is 0 Å². The minimum absolute atomic E-state index is 0.0174. The fourth-order valence-corrected chi connectivity index (χ4v) is 4.91. The van der Waals surface area contributed by atoms with Gasteiger partial charge in [-0.2, -0.15) is 13.2 Å². The van der Waals surface area contributed by atoms with Gasteiger partial charge in [-0.1, -0.05) is 24.3 Å². The van der Waals surface area contributed by atoms with E-state index in [1.165, 1.54) is 12.1 Å². The highest BCUT2D eigenvalue weighted by Crippen LogP contribution is 2.38. The third-order valence-corrected chi connectivity index (χ3v) is 6.78. The van der Waals surface area contributed by atoms with Crippen LogP contribution in [0, 0.1) is 0 Å². The summed E-state index contributed by atoms with van der Waals surface area (Å²) < 4.78 is 40.5.